The molecule has 1 unspecified atom stereocenters. The summed E-state index contributed by atoms with van der Waals surface area (Å²) in [5.41, 5.74) is 0.0934. The number of aliphatic hydroxyl groups is 1. The standard InChI is InChI=1S/C13H18N4O3/c1-4-8(7-18)15-9-5-6-14-11-10(9)12(19)17(3)13(20)16(11)2/h5-6,8,18H,4,7H2,1-3H3,(H,14,15). The Kier molecular flexibility index (Phi) is 3.89. The van der Waals surface area contributed by atoms with Gasteiger partial charge in [0.05, 0.1) is 12.3 Å². The SMILES string of the molecule is CCC(CO)Nc1ccnc2c1c(=O)n(C)c(=O)n2C. The van der Waals surface area contributed by atoms with E-state index in [4.69, 9.17) is 0 Å². The number of anilines is 1. The topological polar surface area (TPSA) is 89.2 Å². The number of hydrogen-bond acceptors (Lipinski definition) is 5. The Morgan fingerprint density at radius 3 is 2.65 bits per heavy atom. The van der Waals surface area contributed by atoms with Gasteiger partial charge in [-0.05, 0) is 12.5 Å². The van der Waals surface area contributed by atoms with E-state index in [1.165, 1.54) is 17.8 Å². The highest BCUT2D eigenvalue weighted by atomic mass is 16.3. The van der Waals surface area contributed by atoms with Crippen molar-refractivity contribution in [2.24, 2.45) is 14.1 Å². The maximum absolute atomic E-state index is 12.3. The molecule has 7 nitrogen and oxygen atoms in total. The van der Waals surface area contributed by atoms with Crippen LogP contribution in [0.4, 0.5) is 5.69 Å². The van der Waals surface area contributed by atoms with Crippen LogP contribution in [0.25, 0.3) is 11.0 Å². The quantitative estimate of drug-likeness (QED) is 0.809. The van der Waals surface area contributed by atoms with Gasteiger partial charge in [-0.1, -0.05) is 6.92 Å². The highest BCUT2D eigenvalue weighted by molar-refractivity contribution is 5.88. The van der Waals surface area contributed by atoms with E-state index in [1.54, 1.807) is 13.1 Å². The number of nitrogens with zero attached hydrogens (tertiary/aromatic N) is 3. The van der Waals surface area contributed by atoms with Gasteiger partial charge < -0.3 is 10.4 Å². The van der Waals surface area contributed by atoms with E-state index < -0.39 is 11.2 Å². The number of aryl methyl sites for hydroxylation is 1. The minimum absolute atomic E-state index is 0.0353. The molecule has 2 aromatic heterocycles. The van der Waals surface area contributed by atoms with Crippen LogP contribution >= 0.6 is 0 Å². The molecular formula is C13H18N4O3. The lowest BCUT2D eigenvalue weighted by Gasteiger charge is -2.17. The van der Waals surface area contributed by atoms with Crippen molar-refractivity contribution in [1.29, 1.82) is 0 Å². The number of fused-ring (bicyclic) bond motifs is 1. The Morgan fingerprint density at radius 2 is 2.05 bits per heavy atom. The summed E-state index contributed by atoms with van der Waals surface area (Å²) in [5, 5.41) is 12.7. The molecule has 0 radical (unpaired) electrons. The highest BCUT2D eigenvalue weighted by Crippen LogP contribution is 2.17. The van der Waals surface area contributed by atoms with Crippen LogP contribution in [0.1, 0.15) is 13.3 Å². The zero-order chi connectivity index (χ0) is 14.9. The van der Waals surface area contributed by atoms with Gasteiger partial charge in [-0.3, -0.25) is 13.9 Å². The Morgan fingerprint density at radius 1 is 1.35 bits per heavy atom. The number of aromatic nitrogens is 3. The minimum atomic E-state index is -0.415. The predicted octanol–water partition coefficient (Wildman–Crippen LogP) is -0.185. The molecule has 0 aliphatic carbocycles. The molecule has 1 atom stereocenters. The second-order valence-corrected chi connectivity index (χ2v) is 4.69. The van der Waals surface area contributed by atoms with Crippen LogP contribution in [0.5, 0.6) is 0 Å². The number of rotatable bonds is 4. The van der Waals surface area contributed by atoms with Crippen molar-refractivity contribution in [1.82, 2.24) is 14.1 Å². The fraction of sp³-hybridized carbons (Fsp3) is 0.462. The van der Waals surface area contributed by atoms with E-state index in [2.05, 4.69) is 10.3 Å². The van der Waals surface area contributed by atoms with Crippen LogP contribution in [-0.4, -0.2) is 31.9 Å². The first-order valence-corrected chi connectivity index (χ1v) is 6.43. The van der Waals surface area contributed by atoms with E-state index in [-0.39, 0.29) is 12.6 Å². The number of hydrogen-bond donors (Lipinski definition) is 2. The molecule has 0 aromatic carbocycles. The highest BCUT2D eigenvalue weighted by Gasteiger charge is 2.15. The smallest absolute Gasteiger partial charge is 0.332 e. The monoisotopic (exact) mass is 278 g/mol. The summed E-state index contributed by atoms with van der Waals surface area (Å²) in [6.45, 7) is 1.90. The summed E-state index contributed by atoms with van der Waals surface area (Å²) < 4.78 is 2.39. The lowest BCUT2D eigenvalue weighted by molar-refractivity contribution is 0.272. The molecule has 20 heavy (non-hydrogen) atoms. The van der Waals surface area contributed by atoms with Crippen molar-refractivity contribution in [3.8, 4) is 0 Å². The number of nitrogens with one attached hydrogen (secondary N) is 1. The van der Waals surface area contributed by atoms with Gasteiger partial charge in [0.2, 0.25) is 0 Å². The molecule has 2 N–H and O–H groups in total. The molecule has 0 saturated heterocycles. The van der Waals surface area contributed by atoms with Gasteiger partial charge in [-0.25, -0.2) is 9.78 Å². The minimum Gasteiger partial charge on any atom is -0.394 e. The zero-order valence-corrected chi connectivity index (χ0v) is 11.8. The third-order valence-electron chi connectivity index (χ3n) is 3.41. The zero-order valence-electron chi connectivity index (χ0n) is 11.8. The molecule has 2 rings (SSSR count). The van der Waals surface area contributed by atoms with Crippen LogP contribution in [-0.2, 0) is 14.1 Å². The Hall–Kier alpha value is -2.15. The van der Waals surface area contributed by atoms with E-state index in [9.17, 15) is 14.7 Å². The van der Waals surface area contributed by atoms with Gasteiger partial charge in [0.1, 0.15) is 5.39 Å². The summed E-state index contributed by atoms with van der Waals surface area (Å²) in [5.74, 6) is 0. The van der Waals surface area contributed by atoms with Crippen LogP contribution in [0.2, 0.25) is 0 Å². The molecule has 0 amide bonds. The lowest BCUT2D eigenvalue weighted by Crippen LogP contribution is -2.38. The third-order valence-corrected chi connectivity index (χ3v) is 3.41. The Bertz CT molecular complexity index is 744. The normalized spacial score (nSPS) is 12.6. The van der Waals surface area contributed by atoms with Gasteiger partial charge in [0.25, 0.3) is 5.56 Å². The summed E-state index contributed by atoms with van der Waals surface area (Å²) >= 11 is 0. The largest absolute Gasteiger partial charge is 0.394 e. The average Bonchev–Trinajstić information content (AvgIpc) is 2.48. The Balaban J connectivity index is 2.75. The van der Waals surface area contributed by atoms with Gasteiger partial charge in [-0.2, -0.15) is 0 Å². The molecule has 2 heterocycles. The van der Waals surface area contributed by atoms with Crippen molar-refractivity contribution < 1.29 is 5.11 Å². The van der Waals surface area contributed by atoms with Crippen molar-refractivity contribution in [2.75, 3.05) is 11.9 Å². The molecule has 0 aliphatic heterocycles. The molecule has 0 fully saturated rings. The molecule has 2 aromatic rings. The first-order chi connectivity index (χ1) is 9.51. The first kappa shape index (κ1) is 14.3. The molecule has 7 heteroatoms. The second-order valence-electron chi connectivity index (χ2n) is 4.69. The molecule has 108 valence electrons. The van der Waals surface area contributed by atoms with E-state index in [0.29, 0.717) is 23.1 Å². The van der Waals surface area contributed by atoms with E-state index in [1.807, 2.05) is 6.92 Å². The maximum Gasteiger partial charge on any atom is 0.332 e. The van der Waals surface area contributed by atoms with E-state index in [0.717, 1.165) is 4.57 Å². The van der Waals surface area contributed by atoms with Crippen LogP contribution in [0.15, 0.2) is 21.9 Å². The van der Waals surface area contributed by atoms with E-state index >= 15 is 0 Å². The summed E-state index contributed by atoms with van der Waals surface area (Å²) in [6.07, 6.45) is 2.25. The number of aliphatic hydroxyl groups excluding tert-OH is 1. The van der Waals surface area contributed by atoms with Crippen LogP contribution in [0, 0.1) is 0 Å². The van der Waals surface area contributed by atoms with Crippen molar-refractivity contribution in [3.05, 3.63) is 33.1 Å². The third kappa shape index (κ3) is 2.20. The number of pyridine rings is 1. The maximum atomic E-state index is 12.3. The van der Waals surface area contributed by atoms with Gasteiger partial charge in [0.15, 0.2) is 5.65 Å². The predicted molar refractivity (Wildman–Crippen MR) is 77.0 cm³/mol. The first-order valence-electron chi connectivity index (χ1n) is 6.43. The van der Waals surface area contributed by atoms with Crippen molar-refractivity contribution >= 4 is 16.7 Å². The summed E-state index contributed by atoms with van der Waals surface area (Å²) in [7, 11) is 3.01. The molecule has 0 aliphatic rings. The summed E-state index contributed by atoms with van der Waals surface area (Å²) in [4.78, 5) is 28.3. The van der Waals surface area contributed by atoms with Crippen molar-refractivity contribution in [3.63, 3.8) is 0 Å². The second kappa shape index (κ2) is 5.46. The Labute approximate surface area is 115 Å². The van der Waals surface area contributed by atoms with Gasteiger partial charge in [0, 0.05) is 26.3 Å². The summed E-state index contributed by atoms with van der Waals surface area (Å²) in [6, 6.07) is 1.52. The molecule has 0 saturated carbocycles. The van der Waals surface area contributed by atoms with Crippen LogP contribution in [0.3, 0.4) is 0 Å². The van der Waals surface area contributed by atoms with Gasteiger partial charge >= 0.3 is 5.69 Å². The average molecular weight is 278 g/mol. The van der Waals surface area contributed by atoms with Crippen LogP contribution < -0.4 is 16.6 Å². The lowest BCUT2D eigenvalue weighted by atomic mass is 10.2. The fourth-order valence-electron chi connectivity index (χ4n) is 2.10. The van der Waals surface area contributed by atoms with Gasteiger partial charge in [-0.15, -0.1) is 0 Å². The molecular weight excluding hydrogens is 260 g/mol. The van der Waals surface area contributed by atoms with Crippen molar-refractivity contribution in [2.45, 2.75) is 19.4 Å². The fourth-order valence-corrected chi connectivity index (χ4v) is 2.10. The molecule has 0 bridgehead atoms. The molecule has 0 spiro atoms.